The fraction of sp³-hybridized carbons (Fsp3) is 0.500. The number of benzene rings is 2. The number of ether oxygens (including phenoxy) is 4. The number of hydrogen-bond donors (Lipinski definition) is 2. The molecule has 0 fully saturated rings. The van der Waals surface area contributed by atoms with E-state index >= 15 is 0 Å². The van der Waals surface area contributed by atoms with Gasteiger partial charge < -0.3 is 28.9 Å². The minimum atomic E-state index is 0.524. The molecule has 2 N–H and O–H groups in total. The number of hydrogen-bond acceptors (Lipinski definition) is 14. The van der Waals surface area contributed by atoms with Crippen molar-refractivity contribution in [2.24, 2.45) is 0 Å². The van der Waals surface area contributed by atoms with E-state index in [1.807, 2.05) is 24.3 Å². The lowest BCUT2D eigenvalue weighted by Crippen LogP contribution is -2.02. The minimum Gasteiger partial charge on any atom is -0.493 e. The molecule has 0 saturated heterocycles. The Hall–Kier alpha value is -4.12. The van der Waals surface area contributed by atoms with Crippen LogP contribution in [0.5, 0.6) is 23.0 Å². The number of aromatic amines is 2. The summed E-state index contributed by atoms with van der Waals surface area (Å²) in [4.78, 5) is 43.6. The van der Waals surface area contributed by atoms with Gasteiger partial charge >= 0.3 is 0 Å². The zero-order valence-corrected chi connectivity index (χ0v) is 40.7. The summed E-state index contributed by atoms with van der Waals surface area (Å²) in [5.74, 6) is 8.75. The van der Waals surface area contributed by atoms with Crippen molar-refractivity contribution in [3.63, 3.8) is 0 Å². The fourth-order valence-corrected chi connectivity index (χ4v) is 12.8. The maximum atomic E-state index is 6.60. The van der Waals surface area contributed by atoms with Gasteiger partial charge in [-0.25, -0.2) is 29.9 Å². The molecule has 0 unspecified atom stereocenters. The highest BCUT2D eigenvalue weighted by Crippen LogP contribution is 2.50. The Labute approximate surface area is 392 Å². The van der Waals surface area contributed by atoms with Crippen molar-refractivity contribution in [2.45, 2.75) is 124 Å². The summed E-state index contributed by atoms with van der Waals surface area (Å²) in [5, 5.41) is 0. The quantitative estimate of drug-likeness (QED) is 0.0699. The molecule has 5 aromatic rings. The predicted octanol–water partition coefficient (Wildman–Crippen LogP) is 13.2. The molecule has 7 heterocycles. The van der Waals surface area contributed by atoms with Crippen LogP contribution in [0.1, 0.15) is 105 Å². The van der Waals surface area contributed by atoms with Gasteiger partial charge in [0, 0.05) is 23.0 Å². The van der Waals surface area contributed by atoms with Crippen molar-refractivity contribution >= 4 is 69.6 Å². The van der Waals surface area contributed by atoms with Crippen molar-refractivity contribution < 1.29 is 18.9 Å². The van der Waals surface area contributed by atoms with E-state index < -0.39 is 0 Å². The summed E-state index contributed by atoms with van der Waals surface area (Å²) in [7, 11) is 0. The highest BCUT2D eigenvalue weighted by Gasteiger charge is 2.32. The van der Waals surface area contributed by atoms with E-state index in [1.165, 1.54) is 0 Å². The zero-order chi connectivity index (χ0) is 43.8. The number of rotatable bonds is 20. The van der Waals surface area contributed by atoms with E-state index in [-0.39, 0.29) is 0 Å². The molecule has 0 aliphatic carbocycles. The molecular weight excluding hydrogens is 881 g/mol. The second-order valence-electron chi connectivity index (χ2n) is 16.2. The molecule has 16 heteroatoms. The van der Waals surface area contributed by atoms with Crippen molar-refractivity contribution in [2.75, 3.05) is 49.4 Å². The highest BCUT2D eigenvalue weighted by atomic mass is 32.2. The van der Waals surface area contributed by atoms with Crippen molar-refractivity contribution in [3.8, 4) is 68.5 Å². The molecule has 64 heavy (non-hydrogen) atoms. The smallest absolute Gasteiger partial charge is 0.168 e. The molecule has 2 aromatic carbocycles. The molecule has 4 aliphatic rings. The Kier molecular flexibility index (Phi) is 15.1. The average Bonchev–Trinajstić information content (AvgIpc) is 4.07. The lowest BCUT2D eigenvalue weighted by atomic mass is 10.1. The first-order valence-electron chi connectivity index (χ1n) is 23.3. The van der Waals surface area contributed by atoms with Crippen LogP contribution >= 0.6 is 47.0 Å². The summed E-state index contributed by atoms with van der Waals surface area (Å²) in [6, 6.07) is 8.05. The number of aromatic nitrogens is 8. The van der Waals surface area contributed by atoms with Crippen LogP contribution in [0.25, 0.3) is 68.1 Å². The minimum absolute atomic E-state index is 0.524. The molecule has 0 amide bonds. The van der Waals surface area contributed by atoms with Crippen molar-refractivity contribution in [3.05, 3.63) is 24.3 Å². The van der Waals surface area contributed by atoms with Crippen LogP contribution in [0.4, 0.5) is 0 Å². The largest absolute Gasteiger partial charge is 0.493 e. The van der Waals surface area contributed by atoms with E-state index in [0.717, 1.165) is 165 Å². The van der Waals surface area contributed by atoms with E-state index in [0.29, 0.717) is 72.3 Å². The third kappa shape index (κ3) is 9.57. The Morgan fingerprint density at radius 2 is 0.625 bits per heavy atom. The molecule has 0 atom stereocenters. The average molecular weight is 939 g/mol. The number of thioether (sulfide) groups is 4. The van der Waals surface area contributed by atoms with Gasteiger partial charge in [-0.2, -0.15) is 0 Å². The highest BCUT2D eigenvalue weighted by molar-refractivity contribution is 8.06. The normalized spacial score (nSPS) is 13.8. The van der Waals surface area contributed by atoms with Gasteiger partial charge in [0.2, 0.25) is 0 Å². The summed E-state index contributed by atoms with van der Waals surface area (Å²) >= 11 is 7.14. The number of nitrogens with one attached hydrogen (secondary N) is 2. The molecule has 3 aromatic heterocycles. The monoisotopic (exact) mass is 938 g/mol. The first-order valence-corrected chi connectivity index (χ1v) is 27.2. The zero-order valence-electron chi connectivity index (χ0n) is 37.4. The van der Waals surface area contributed by atoms with Gasteiger partial charge in [-0.3, -0.25) is 0 Å². The lowest BCUT2D eigenvalue weighted by Gasteiger charge is -2.15. The van der Waals surface area contributed by atoms with Crippen LogP contribution in [-0.4, -0.2) is 89.3 Å². The van der Waals surface area contributed by atoms with Crippen LogP contribution < -0.4 is 18.9 Å². The molecule has 4 aliphatic heterocycles. The maximum Gasteiger partial charge on any atom is 0.168 e. The Morgan fingerprint density at radius 1 is 0.375 bits per heavy atom. The van der Waals surface area contributed by atoms with Gasteiger partial charge in [-0.1, -0.05) is 79.1 Å². The number of fused-ring (bicyclic) bond motifs is 20. The van der Waals surface area contributed by atoms with Gasteiger partial charge in [0.1, 0.15) is 45.6 Å². The molecule has 338 valence electrons. The number of nitrogens with zero attached hydrogens (tertiary/aromatic N) is 6. The first kappa shape index (κ1) is 45.1. The van der Waals surface area contributed by atoms with Gasteiger partial charge in [-0.15, -0.1) is 47.0 Å². The van der Waals surface area contributed by atoms with Crippen LogP contribution in [0, 0.1) is 0 Å². The molecule has 9 rings (SSSR count). The fourth-order valence-electron chi connectivity index (χ4n) is 8.11. The van der Waals surface area contributed by atoms with Crippen LogP contribution in [0.15, 0.2) is 43.8 Å². The topological polar surface area (TPSA) is 146 Å². The van der Waals surface area contributed by atoms with Gasteiger partial charge in [0.05, 0.1) is 68.3 Å². The van der Waals surface area contributed by atoms with E-state index in [9.17, 15) is 0 Å². The standard InChI is InChI=1S/C48H58N8O4S4/c1-5-9-13-21-57-29-17-18-30(58-22-14-10-6-2)34-33(29)41-49-42(34)52-46-39-40(64-28-27-63-39)48(56-46)54-44-36-32(60-24-16-12-8-4)20-19-31(59-23-15-11-7-3)35(36)43(50-44)53-47-38-37(45(51-41)55-47)61-25-26-62-38/h17-20H,5-16,21-28H2,1-4H3,(H2,49,50,51,52,53,54,55,56). The Bertz CT molecular complexity index is 2290. The maximum absolute atomic E-state index is 6.60. The van der Waals surface area contributed by atoms with E-state index in [4.69, 9.17) is 48.9 Å². The SMILES string of the molecule is CCCCCOc1ccc(OCCCCC)c2c1-c1nc-2nc2[nH]c(nc3nc(nc4[nH]c(n1)c1c4SCCS1)-c1c(OCCCCC)ccc(OCCCCC)c1-3)c1c2SCCS1. The summed E-state index contributed by atoms with van der Waals surface area (Å²) in [6.45, 7) is 11.2. The second-order valence-corrected chi connectivity index (χ2v) is 20.6. The van der Waals surface area contributed by atoms with Crippen LogP contribution in [0.3, 0.4) is 0 Å². The van der Waals surface area contributed by atoms with Gasteiger partial charge in [0.15, 0.2) is 23.3 Å². The van der Waals surface area contributed by atoms with Crippen LogP contribution in [0.2, 0.25) is 0 Å². The third-order valence-corrected chi connectivity index (χ3v) is 16.5. The molecular formula is C48H58N8O4S4. The van der Waals surface area contributed by atoms with Gasteiger partial charge in [-0.05, 0) is 49.9 Å². The molecule has 0 saturated carbocycles. The number of unbranched alkanes of at least 4 members (excludes halogenated alkanes) is 8. The predicted molar refractivity (Wildman–Crippen MR) is 264 cm³/mol. The molecule has 8 bridgehead atoms. The van der Waals surface area contributed by atoms with E-state index in [2.05, 4.69) is 37.7 Å². The summed E-state index contributed by atoms with van der Waals surface area (Å²) in [5.41, 5.74) is 5.94. The van der Waals surface area contributed by atoms with Crippen molar-refractivity contribution in [1.82, 2.24) is 39.9 Å². The Balaban J connectivity index is 1.33. The lowest BCUT2D eigenvalue weighted by molar-refractivity contribution is 0.300. The Morgan fingerprint density at radius 3 is 0.859 bits per heavy atom. The molecule has 0 spiro atoms. The summed E-state index contributed by atoms with van der Waals surface area (Å²) in [6.07, 6.45) is 12.6. The van der Waals surface area contributed by atoms with E-state index in [1.54, 1.807) is 47.0 Å². The molecule has 12 nitrogen and oxygen atoms in total. The number of H-pyrrole nitrogens is 2. The van der Waals surface area contributed by atoms with Crippen molar-refractivity contribution in [1.29, 1.82) is 0 Å². The molecule has 0 radical (unpaired) electrons. The third-order valence-electron chi connectivity index (χ3n) is 11.4. The van der Waals surface area contributed by atoms with Crippen LogP contribution in [-0.2, 0) is 0 Å². The first-order chi connectivity index (χ1) is 31.6. The summed E-state index contributed by atoms with van der Waals surface area (Å²) < 4.78 is 26.4. The van der Waals surface area contributed by atoms with Gasteiger partial charge in [0.25, 0.3) is 0 Å². The second kappa shape index (κ2) is 21.5.